The van der Waals surface area contributed by atoms with Gasteiger partial charge in [-0.15, -0.1) is 0 Å². The van der Waals surface area contributed by atoms with Gasteiger partial charge in [-0.05, 0) is 44.2 Å². The summed E-state index contributed by atoms with van der Waals surface area (Å²) < 4.78 is 32.3. The summed E-state index contributed by atoms with van der Waals surface area (Å²) in [6.07, 6.45) is -1.17. The van der Waals surface area contributed by atoms with Gasteiger partial charge in [-0.3, -0.25) is 9.52 Å². The van der Waals surface area contributed by atoms with E-state index >= 15 is 0 Å². The fraction of sp³-hybridized carbons (Fsp3) is 0.176. The summed E-state index contributed by atoms with van der Waals surface area (Å²) in [4.78, 5) is 23.3. The quantitative estimate of drug-likeness (QED) is 0.727. The summed E-state index contributed by atoms with van der Waals surface area (Å²) in [5.74, 6) is -1.73. The molecule has 0 unspecified atom stereocenters. The topological polar surface area (TPSA) is 116 Å². The fourth-order valence-electron chi connectivity index (χ4n) is 1.98. The zero-order valence-corrected chi connectivity index (χ0v) is 15.6. The Balaban J connectivity index is 2.37. The standard InChI is InChI=1S/C17H17ClN2O5S/c1-10-3-6-13(7-4-10)26(23,24)20-15-9-12(18)5-8-14(15)17(22)25-11(2)16(19)21/h3-9,11,20H,1-2H3,(H2,19,21)/t11-/m0/s1. The van der Waals surface area contributed by atoms with Crippen LogP contribution in [0.3, 0.4) is 0 Å². The first kappa shape index (κ1) is 19.7. The maximum atomic E-state index is 12.5. The van der Waals surface area contributed by atoms with E-state index in [0.717, 1.165) is 5.56 Å². The van der Waals surface area contributed by atoms with Crippen molar-refractivity contribution in [1.29, 1.82) is 0 Å². The van der Waals surface area contributed by atoms with Gasteiger partial charge in [-0.25, -0.2) is 13.2 Å². The molecule has 9 heteroatoms. The number of ether oxygens (including phenoxy) is 1. The third-order valence-electron chi connectivity index (χ3n) is 3.46. The van der Waals surface area contributed by atoms with E-state index < -0.39 is 28.0 Å². The number of hydrogen-bond donors (Lipinski definition) is 2. The Kier molecular flexibility index (Phi) is 5.89. The van der Waals surface area contributed by atoms with Crippen LogP contribution in [0, 0.1) is 6.92 Å². The fourth-order valence-corrected chi connectivity index (χ4v) is 3.22. The molecular formula is C17H17ClN2O5S. The normalized spacial score (nSPS) is 12.3. The van der Waals surface area contributed by atoms with Crippen molar-refractivity contribution in [3.8, 4) is 0 Å². The highest BCUT2D eigenvalue weighted by molar-refractivity contribution is 7.92. The molecule has 7 nitrogen and oxygen atoms in total. The van der Waals surface area contributed by atoms with Crippen molar-refractivity contribution >= 4 is 39.2 Å². The van der Waals surface area contributed by atoms with E-state index in [1.807, 2.05) is 6.92 Å². The molecule has 1 amide bonds. The highest BCUT2D eigenvalue weighted by Crippen LogP contribution is 2.25. The largest absolute Gasteiger partial charge is 0.449 e. The minimum Gasteiger partial charge on any atom is -0.449 e. The molecule has 2 rings (SSSR count). The Morgan fingerprint density at radius 3 is 2.35 bits per heavy atom. The summed E-state index contributed by atoms with van der Waals surface area (Å²) in [5.41, 5.74) is 5.80. The number of hydrogen-bond acceptors (Lipinski definition) is 5. The number of esters is 1. The third-order valence-corrected chi connectivity index (χ3v) is 5.08. The first-order chi connectivity index (χ1) is 12.1. The van der Waals surface area contributed by atoms with Gasteiger partial charge in [-0.2, -0.15) is 0 Å². The average molecular weight is 397 g/mol. The lowest BCUT2D eigenvalue weighted by molar-refractivity contribution is -0.125. The van der Waals surface area contributed by atoms with E-state index in [2.05, 4.69) is 4.72 Å². The monoisotopic (exact) mass is 396 g/mol. The molecule has 2 aromatic carbocycles. The minimum absolute atomic E-state index is 0.0212. The number of aryl methyl sites for hydroxylation is 1. The Labute approximate surface area is 156 Å². The molecule has 0 bridgehead atoms. The Hall–Kier alpha value is -2.58. The van der Waals surface area contributed by atoms with E-state index in [1.54, 1.807) is 12.1 Å². The second kappa shape index (κ2) is 7.76. The number of nitrogens with two attached hydrogens (primary N) is 1. The van der Waals surface area contributed by atoms with Gasteiger partial charge in [-0.1, -0.05) is 29.3 Å². The summed E-state index contributed by atoms with van der Waals surface area (Å²) in [6, 6.07) is 10.2. The van der Waals surface area contributed by atoms with E-state index in [1.165, 1.54) is 37.3 Å². The smallest absolute Gasteiger partial charge is 0.341 e. The van der Waals surface area contributed by atoms with E-state index in [9.17, 15) is 18.0 Å². The molecule has 1 atom stereocenters. The summed E-state index contributed by atoms with van der Waals surface area (Å²) in [7, 11) is -3.96. The number of carbonyl (C=O) groups excluding carboxylic acids is 2. The Bertz CT molecular complexity index is 942. The van der Waals surface area contributed by atoms with Gasteiger partial charge in [0, 0.05) is 5.02 Å². The van der Waals surface area contributed by atoms with Crippen molar-refractivity contribution in [2.45, 2.75) is 24.8 Å². The first-order valence-electron chi connectivity index (χ1n) is 7.49. The molecular weight excluding hydrogens is 380 g/mol. The van der Waals surface area contributed by atoms with Crippen LogP contribution in [0.4, 0.5) is 5.69 Å². The zero-order chi connectivity index (χ0) is 19.5. The van der Waals surface area contributed by atoms with Crippen LogP contribution >= 0.6 is 11.6 Å². The van der Waals surface area contributed by atoms with Crippen LogP contribution in [0.15, 0.2) is 47.4 Å². The predicted octanol–water partition coefficient (Wildman–Crippen LogP) is 2.48. The molecule has 3 N–H and O–H groups in total. The van der Waals surface area contributed by atoms with E-state index in [0.29, 0.717) is 0 Å². The number of carbonyl (C=O) groups is 2. The zero-order valence-electron chi connectivity index (χ0n) is 14.0. The molecule has 0 aliphatic rings. The molecule has 0 radical (unpaired) electrons. The number of halogens is 1. The van der Waals surface area contributed by atoms with Crippen LogP contribution in [0.5, 0.6) is 0 Å². The van der Waals surface area contributed by atoms with Crippen LogP contribution in [0.2, 0.25) is 5.02 Å². The lowest BCUT2D eigenvalue weighted by atomic mass is 10.2. The molecule has 0 saturated heterocycles. The third kappa shape index (κ3) is 4.74. The molecule has 0 fully saturated rings. The predicted molar refractivity (Wildman–Crippen MR) is 97.5 cm³/mol. The molecule has 0 spiro atoms. The maximum Gasteiger partial charge on any atom is 0.341 e. The van der Waals surface area contributed by atoms with E-state index in [4.69, 9.17) is 22.1 Å². The first-order valence-corrected chi connectivity index (χ1v) is 9.35. The van der Waals surface area contributed by atoms with Crippen LogP contribution in [-0.4, -0.2) is 26.4 Å². The number of sulfonamides is 1. The molecule has 138 valence electrons. The van der Waals surface area contributed by atoms with Crippen LogP contribution < -0.4 is 10.5 Å². The second-order valence-electron chi connectivity index (χ2n) is 5.56. The van der Waals surface area contributed by atoms with Crippen LogP contribution in [-0.2, 0) is 19.6 Å². The van der Waals surface area contributed by atoms with Crippen LogP contribution in [0.1, 0.15) is 22.8 Å². The molecule has 0 aromatic heterocycles. The highest BCUT2D eigenvalue weighted by Gasteiger charge is 2.22. The Morgan fingerprint density at radius 2 is 1.77 bits per heavy atom. The number of amides is 1. The number of benzene rings is 2. The number of primary amides is 1. The van der Waals surface area contributed by atoms with Gasteiger partial charge in [0.15, 0.2) is 6.10 Å². The number of rotatable bonds is 6. The lowest BCUT2D eigenvalue weighted by Gasteiger charge is -2.14. The number of anilines is 1. The van der Waals surface area contributed by atoms with Gasteiger partial charge < -0.3 is 10.5 Å². The molecule has 26 heavy (non-hydrogen) atoms. The molecule has 0 saturated carbocycles. The Morgan fingerprint density at radius 1 is 1.15 bits per heavy atom. The second-order valence-corrected chi connectivity index (χ2v) is 7.68. The SMILES string of the molecule is Cc1ccc(S(=O)(=O)Nc2cc(Cl)ccc2C(=O)O[C@@H](C)C(N)=O)cc1. The average Bonchev–Trinajstić information content (AvgIpc) is 2.54. The van der Waals surface area contributed by atoms with Crippen molar-refractivity contribution in [3.63, 3.8) is 0 Å². The minimum atomic E-state index is -3.96. The molecule has 0 heterocycles. The van der Waals surface area contributed by atoms with Gasteiger partial charge >= 0.3 is 5.97 Å². The number of nitrogens with one attached hydrogen (secondary N) is 1. The van der Waals surface area contributed by atoms with Crippen molar-refractivity contribution in [2.75, 3.05) is 4.72 Å². The molecule has 2 aromatic rings. The maximum absolute atomic E-state index is 12.5. The highest BCUT2D eigenvalue weighted by atomic mass is 35.5. The lowest BCUT2D eigenvalue weighted by Crippen LogP contribution is -2.30. The van der Waals surface area contributed by atoms with Crippen molar-refractivity contribution in [3.05, 3.63) is 58.6 Å². The summed E-state index contributed by atoms with van der Waals surface area (Å²) in [5, 5.41) is 0.214. The van der Waals surface area contributed by atoms with Crippen molar-refractivity contribution in [1.82, 2.24) is 0 Å². The summed E-state index contributed by atoms with van der Waals surface area (Å²) >= 11 is 5.91. The van der Waals surface area contributed by atoms with Gasteiger partial charge in [0.2, 0.25) is 0 Å². The van der Waals surface area contributed by atoms with Gasteiger partial charge in [0.1, 0.15) is 0 Å². The molecule has 0 aliphatic heterocycles. The van der Waals surface area contributed by atoms with Gasteiger partial charge in [0.25, 0.3) is 15.9 Å². The van der Waals surface area contributed by atoms with Gasteiger partial charge in [0.05, 0.1) is 16.1 Å². The molecule has 0 aliphatic carbocycles. The van der Waals surface area contributed by atoms with Crippen molar-refractivity contribution in [2.24, 2.45) is 5.73 Å². The summed E-state index contributed by atoms with van der Waals surface area (Å²) in [6.45, 7) is 3.14. The van der Waals surface area contributed by atoms with E-state index in [-0.39, 0.29) is 21.2 Å². The van der Waals surface area contributed by atoms with Crippen molar-refractivity contribution < 1.29 is 22.7 Å². The van der Waals surface area contributed by atoms with Crippen LogP contribution in [0.25, 0.3) is 0 Å².